The number of carbonyl (C=O) groups is 1. The number of benzene rings is 2. The molecule has 0 aliphatic carbocycles. The van der Waals surface area contributed by atoms with Crippen molar-refractivity contribution in [3.05, 3.63) is 57.6 Å². The van der Waals surface area contributed by atoms with Gasteiger partial charge in [0.15, 0.2) is 0 Å². The largest absolute Gasteiger partial charge is 0.396 e. The maximum Gasteiger partial charge on any atom is 0.258 e. The van der Waals surface area contributed by atoms with Crippen LogP contribution in [0, 0.1) is 18.6 Å². The van der Waals surface area contributed by atoms with Gasteiger partial charge in [0.05, 0.1) is 16.9 Å². The number of hydrogen-bond donors (Lipinski definition) is 2. The fraction of sp³-hybridized carbons (Fsp3) is 0.0714. The molecule has 0 aromatic heterocycles. The molecule has 1 amide bonds. The molecule has 0 bridgehead atoms. The topological polar surface area (TPSA) is 55.1 Å². The van der Waals surface area contributed by atoms with E-state index in [4.69, 9.17) is 5.73 Å². The predicted octanol–water partition coefficient (Wildman–Crippen LogP) is 3.87. The number of anilines is 2. The van der Waals surface area contributed by atoms with E-state index in [1.54, 1.807) is 12.1 Å². The molecule has 6 heteroatoms. The van der Waals surface area contributed by atoms with Gasteiger partial charge in [-0.2, -0.15) is 0 Å². The van der Waals surface area contributed by atoms with Crippen molar-refractivity contribution in [3.8, 4) is 0 Å². The Morgan fingerprint density at radius 2 is 1.95 bits per heavy atom. The van der Waals surface area contributed by atoms with Crippen molar-refractivity contribution in [2.75, 3.05) is 11.1 Å². The number of nitrogens with one attached hydrogen (secondary N) is 1. The van der Waals surface area contributed by atoms with Crippen molar-refractivity contribution in [2.45, 2.75) is 6.92 Å². The van der Waals surface area contributed by atoms with E-state index in [1.165, 1.54) is 0 Å². The van der Waals surface area contributed by atoms with Crippen molar-refractivity contribution in [1.29, 1.82) is 0 Å². The maximum absolute atomic E-state index is 13.6. The monoisotopic (exact) mass is 340 g/mol. The molecule has 0 spiro atoms. The van der Waals surface area contributed by atoms with Crippen molar-refractivity contribution in [3.63, 3.8) is 0 Å². The third kappa shape index (κ3) is 2.80. The molecule has 0 saturated heterocycles. The van der Waals surface area contributed by atoms with E-state index >= 15 is 0 Å². The molecule has 0 aliphatic heterocycles. The highest BCUT2D eigenvalue weighted by Gasteiger charge is 2.16. The van der Waals surface area contributed by atoms with Gasteiger partial charge in [-0.3, -0.25) is 4.79 Å². The van der Waals surface area contributed by atoms with Crippen LogP contribution in [0.5, 0.6) is 0 Å². The van der Waals surface area contributed by atoms with Crippen LogP contribution in [0.2, 0.25) is 0 Å². The zero-order valence-corrected chi connectivity index (χ0v) is 12.1. The second-order valence-electron chi connectivity index (χ2n) is 4.24. The Bertz CT molecular complexity index is 689. The molecule has 104 valence electrons. The van der Waals surface area contributed by atoms with Crippen LogP contribution in [0.25, 0.3) is 0 Å². The van der Waals surface area contributed by atoms with Gasteiger partial charge in [0, 0.05) is 10.5 Å². The number of nitrogens with two attached hydrogens (primary N) is 1. The zero-order chi connectivity index (χ0) is 14.9. The summed E-state index contributed by atoms with van der Waals surface area (Å²) in [4.78, 5) is 12.0. The van der Waals surface area contributed by atoms with E-state index in [-0.39, 0.29) is 11.3 Å². The third-order valence-corrected chi connectivity index (χ3v) is 3.82. The number of aryl methyl sites for hydroxylation is 1. The van der Waals surface area contributed by atoms with E-state index in [1.807, 2.05) is 13.0 Å². The van der Waals surface area contributed by atoms with E-state index < -0.39 is 17.5 Å². The highest BCUT2D eigenvalue weighted by Crippen LogP contribution is 2.26. The molecule has 0 heterocycles. The number of carbonyl (C=O) groups excluding carboxylic acids is 1. The normalized spacial score (nSPS) is 10.4. The van der Waals surface area contributed by atoms with Crippen LogP contribution >= 0.6 is 15.9 Å². The number of halogens is 3. The summed E-state index contributed by atoms with van der Waals surface area (Å²) in [7, 11) is 0. The molecule has 0 aliphatic rings. The average molecular weight is 341 g/mol. The minimum Gasteiger partial charge on any atom is -0.396 e. The molecule has 0 unspecified atom stereocenters. The van der Waals surface area contributed by atoms with E-state index in [9.17, 15) is 13.6 Å². The SMILES string of the molecule is Cc1cccc(NC(=O)c2cc(N)c(F)cc2F)c1Br. The number of hydrogen-bond acceptors (Lipinski definition) is 2. The molecular weight excluding hydrogens is 330 g/mol. The quantitative estimate of drug-likeness (QED) is 0.815. The Labute approximate surface area is 122 Å². The molecule has 3 N–H and O–H groups in total. The molecule has 0 radical (unpaired) electrons. The number of rotatable bonds is 2. The molecule has 20 heavy (non-hydrogen) atoms. The Kier molecular flexibility index (Phi) is 4.04. The second-order valence-corrected chi connectivity index (χ2v) is 5.04. The van der Waals surface area contributed by atoms with E-state index in [0.717, 1.165) is 11.6 Å². The van der Waals surface area contributed by atoms with Gasteiger partial charge in [-0.05, 0) is 40.5 Å². The number of nitrogen functional groups attached to an aromatic ring is 1. The second kappa shape index (κ2) is 5.58. The van der Waals surface area contributed by atoms with Crippen LogP contribution < -0.4 is 11.1 Å². The molecule has 3 nitrogen and oxygen atoms in total. The summed E-state index contributed by atoms with van der Waals surface area (Å²) >= 11 is 3.33. The van der Waals surface area contributed by atoms with Crippen LogP contribution in [0.4, 0.5) is 20.2 Å². The van der Waals surface area contributed by atoms with E-state index in [2.05, 4.69) is 21.2 Å². The fourth-order valence-corrected chi connectivity index (χ4v) is 2.04. The Balaban J connectivity index is 2.33. The van der Waals surface area contributed by atoms with Crippen molar-refractivity contribution in [1.82, 2.24) is 0 Å². The van der Waals surface area contributed by atoms with Crippen molar-refractivity contribution >= 4 is 33.2 Å². The van der Waals surface area contributed by atoms with Gasteiger partial charge in [-0.25, -0.2) is 8.78 Å². The summed E-state index contributed by atoms with van der Waals surface area (Å²) < 4.78 is 27.4. The summed E-state index contributed by atoms with van der Waals surface area (Å²) in [5, 5.41) is 2.55. The smallest absolute Gasteiger partial charge is 0.258 e. The lowest BCUT2D eigenvalue weighted by molar-refractivity contribution is 0.102. The summed E-state index contributed by atoms with van der Waals surface area (Å²) in [6, 6.07) is 6.85. The standard InChI is InChI=1S/C14H11BrF2N2O/c1-7-3-2-4-12(13(7)15)19-14(20)8-5-11(18)10(17)6-9(8)16/h2-6H,18H2,1H3,(H,19,20). The van der Waals surface area contributed by atoms with Gasteiger partial charge >= 0.3 is 0 Å². The lowest BCUT2D eigenvalue weighted by Crippen LogP contribution is -2.15. The minimum absolute atomic E-state index is 0.278. The lowest BCUT2D eigenvalue weighted by atomic mass is 10.1. The summed E-state index contributed by atoms with van der Waals surface area (Å²) in [6.45, 7) is 1.86. The predicted molar refractivity (Wildman–Crippen MR) is 77.6 cm³/mol. The van der Waals surface area contributed by atoms with Crippen LogP contribution in [-0.2, 0) is 0 Å². The zero-order valence-electron chi connectivity index (χ0n) is 10.5. The van der Waals surface area contributed by atoms with Gasteiger partial charge in [0.2, 0.25) is 0 Å². The first-order valence-electron chi connectivity index (χ1n) is 5.71. The molecule has 0 saturated carbocycles. The summed E-state index contributed by atoms with van der Waals surface area (Å²) in [5.74, 6) is -2.55. The number of amides is 1. The Morgan fingerprint density at radius 3 is 2.65 bits per heavy atom. The van der Waals surface area contributed by atoms with Crippen LogP contribution in [-0.4, -0.2) is 5.91 Å². The highest BCUT2D eigenvalue weighted by molar-refractivity contribution is 9.10. The third-order valence-electron chi connectivity index (χ3n) is 2.77. The molecule has 0 atom stereocenters. The first-order valence-corrected chi connectivity index (χ1v) is 6.50. The molecule has 2 aromatic carbocycles. The Morgan fingerprint density at radius 1 is 1.25 bits per heavy atom. The summed E-state index contributed by atoms with van der Waals surface area (Å²) in [6.07, 6.45) is 0. The van der Waals surface area contributed by atoms with Gasteiger partial charge in [-0.15, -0.1) is 0 Å². The van der Waals surface area contributed by atoms with Gasteiger partial charge in [0.1, 0.15) is 11.6 Å². The minimum atomic E-state index is -0.960. The first-order chi connectivity index (χ1) is 9.40. The molecule has 2 rings (SSSR count). The maximum atomic E-state index is 13.6. The first kappa shape index (κ1) is 14.5. The van der Waals surface area contributed by atoms with Gasteiger partial charge in [-0.1, -0.05) is 12.1 Å². The fourth-order valence-electron chi connectivity index (χ4n) is 1.67. The summed E-state index contributed by atoms with van der Waals surface area (Å²) in [5.41, 5.74) is 6.17. The molecule has 2 aromatic rings. The van der Waals surface area contributed by atoms with Crippen LogP contribution in [0.1, 0.15) is 15.9 Å². The Hall–Kier alpha value is -1.95. The lowest BCUT2D eigenvalue weighted by Gasteiger charge is -2.10. The van der Waals surface area contributed by atoms with Crippen LogP contribution in [0.3, 0.4) is 0 Å². The van der Waals surface area contributed by atoms with Gasteiger partial charge < -0.3 is 11.1 Å². The molecular formula is C14H11BrF2N2O. The molecule has 0 fully saturated rings. The van der Waals surface area contributed by atoms with Gasteiger partial charge in [0.25, 0.3) is 5.91 Å². The van der Waals surface area contributed by atoms with E-state index in [0.29, 0.717) is 16.2 Å². The highest BCUT2D eigenvalue weighted by atomic mass is 79.9. The van der Waals surface area contributed by atoms with Crippen LogP contribution in [0.15, 0.2) is 34.8 Å². The van der Waals surface area contributed by atoms with Crippen molar-refractivity contribution < 1.29 is 13.6 Å². The average Bonchev–Trinajstić information content (AvgIpc) is 2.39. The van der Waals surface area contributed by atoms with Crippen molar-refractivity contribution in [2.24, 2.45) is 0 Å².